The number of nitrogens with one attached hydrogen (secondary N) is 1. The van der Waals surface area contributed by atoms with E-state index in [4.69, 9.17) is 4.74 Å². The molecule has 8 nitrogen and oxygen atoms in total. The molecule has 1 aromatic heterocycles. The van der Waals surface area contributed by atoms with Gasteiger partial charge in [0.1, 0.15) is 5.69 Å². The number of hydrogen-bond donors (Lipinski definition) is 1. The van der Waals surface area contributed by atoms with Crippen LogP contribution in [0.5, 0.6) is 5.75 Å². The summed E-state index contributed by atoms with van der Waals surface area (Å²) in [5.74, 6) is 0.204. The Morgan fingerprint density at radius 3 is 2.68 bits per heavy atom. The van der Waals surface area contributed by atoms with Gasteiger partial charge in [0.25, 0.3) is 0 Å². The fourth-order valence-electron chi connectivity index (χ4n) is 2.42. The monoisotopic (exact) mass is 339 g/mol. The molecule has 0 aliphatic rings. The quantitative estimate of drug-likeness (QED) is 0.546. The van der Waals surface area contributed by atoms with Crippen LogP contribution in [-0.2, 0) is 0 Å². The maximum atomic E-state index is 11.0. The van der Waals surface area contributed by atoms with Crippen molar-refractivity contribution in [3.63, 3.8) is 0 Å². The number of methoxy groups -OCH3 is 1. The second kappa shape index (κ2) is 7.00. The Hall–Kier alpha value is -3.42. The molecule has 0 amide bonds. The van der Waals surface area contributed by atoms with Crippen LogP contribution in [0.15, 0.2) is 54.7 Å². The van der Waals surface area contributed by atoms with Crippen LogP contribution in [0.1, 0.15) is 18.7 Å². The van der Waals surface area contributed by atoms with Crippen LogP contribution in [0.3, 0.4) is 0 Å². The Kier molecular flexibility index (Phi) is 4.60. The summed E-state index contributed by atoms with van der Waals surface area (Å²) in [4.78, 5) is 10.5. The number of rotatable bonds is 6. The summed E-state index contributed by atoms with van der Waals surface area (Å²) in [6.45, 7) is 1.94. The summed E-state index contributed by atoms with van der Waals surface area (Å²) in [6.07, 6.45) is 1.84. The number of nitro groups is 1. The number of para-hydroxylation sites is 1. The van der Waals surface area contributed by atoms with Crippen molar-refractivity contribution in [1.29, 1.82) is 0 Å². The van der Waals surface area contributed by atoms with Crippen molar-refractivity contribution in [2.45, 2.75) is 13.0 Å². The molecule has 1 N–H and O–H groups in total. The molecule has 25 heavy (non-hydrogen) atoms. The van der Waals surface area contributed by atoms with Gasteiger partial charge in [0.05, 0.1) is 30.0 Å². The smallest absolute Gasteiger partial charge is 0.311 e. The van der Waals surface area contributed by atoms with E-state index in [1.165, 1.54) is 13.2 Å². The molecule has 2 aromatic carbocycles. The highest BCUT2D eigenvalue weighted by molar-refractivity contribution is 5.58. The third kappa shape index (κ3) is 3.57. The predicted octanol–water partition coefficient (Wildman–Crippen LogP) is 3.36. The molecule has 1 heterocycles. The van der Waals surface area contributed by atoms with Crippen molar-refractivity contribution in [3.05, 3.63) is 70.5 Å². The first-order valence-electron chi connectivity index (χ1n) is 7.65. The number of benzene rings is 2. The zero-order chi connectivity index (χ0) is 17.8. The first-order chi connectivity index (χ1) is 12.1. The highest BCUT2D eigenvalue weighted by Crippen LogP contribution is 2.31. The topological polar surface area (TPSA) is 95.1 Å². The second-order valence-electron chi connectivity index (χ2n) is 5.43. The van der Waals surface area contributed by atoms with Crippen molar-refractivity contribution in [1.82, 2.24) is 15.0 Å². The number of anilines is 1. The molecule has 1 unspecified atom stereocenters. The zero-order valence-corrected chi connectivity index (χ0v) is 13.8. The predicted molar refractivity (Wildman–Crippen MR) is 93.0 cm³/mol. The van der Waals surface area contributed by atoms with Crippen LogP contribution in [0.4, 0.5) is 11.4 Å². The largest absolute Gasteiger partial charge is 0.490 e. The molecule has 3 aromatic rings. The van der Waals surface area contributed by atoms with Gasteiger partial charge in [0.2, 0.25) is 0 Å². The van der Waals surface area contributed by atoms with E-state index >= 15 is 0 Å². The van der Waals surface area contributed by atoms with E-state index in [9.17, 15) is 10.1 Å². The Morgan fingerprint density at radius 1 is 1.24 bits per heavy atom. The lowest BCUT2D eigenvalue weighted by atomic mass is 10.2. The molecule has 0 radical (unpaired) electrons. The maximum Gasteiger partial charge on any atom is 0.311 e. The van der Waals surface area contributed by atoms with E-state index in [1.54, 1.807) is 16.8 Å². The third-order valence-electron chi connectivity index (χ3n) is 3.74. The summed E-state index contributed by atoms with van der Waals surface area (Å²) in [6, 6.07) is 14.2. The summed E-state index contributed by atoms with van der Waals surface area (Å²) in [7, 11) is 1.40. The number of ether oxygens (including phenoxy) is 1. The Morgan fingerprint density at radius 2 is 2.00 bits per heavy atom. The van der Waals surface area contributed by atoms with Crippen molar-refractivity contribution < 1.29 is 9.66 Å². The lowest BCUT2D eigenvalue weighted by Crippen LogP contribution is -2.07. The van der Waals surface area contributed by atoms with Gasteiger partial charge in [-0.05, 0) is 25.1 Å². The molecule has 0 saturated carbocycles. The molecular formula is C17H17N5O3. The standard InChI is InChI=1S/C17H17N5O3/c1-12(15-11-21(20-19-15)14-6-4-3-5-7-14)18-13-8-9-16(22(23)24)17(10-13)25-2/h3-12,18H,1-2H3. The SMILES string of the molecule is COc1cc(NC(C)c2cn(-c3ccccc3)nn2)ccc1[N+](=O)[O-]. The summed E-state index contributed by atoms with van der Waals surface area (Å²) in [5.41, 5.74) is 2.30. The molecule has 128 valence electrons. The average Bonchev–Trinajstić information content (AvgIpc) is 3.12. The van der Waals surface area contributed by atoms with E-state index in [0.717, 1.165) is 11.4 Å². The van der Waals surface area contributed by atoms with Gasteiger partial charge in [0, 0.05) is 17.8 Å². The summed E-state index contributed by atoms with van der Waals surface area (Å²) in [5, 5.41) is 22.5. The van der Waals surface area contributed by atoms with Crippen LogP contribution in [-0.4, -0.2) is 27.0 Å². The Bertz CT molecular complexity index is 879. The number of aromatic nitrogens is 3. The van der Waals surface area contributed by atoms with E-state index in [2.05, 4.69) is 15.6 Å². The van der Waals surface area contributed by atoms with Gasteiger partial charge >= 0.3 is 5.69 Å². The van der Waals surface area contributed by atoms with Gasteiger partial charge in [-0.25, -0.2) is 4.68 Å². The minimum absolute atomic E-state index is 0.0734. The maximum absolute atomic E-state index is 11.0. The van der Waals surface area contributed by atoms with Gasteiger partial charge in [-0.1, -0.05) is 23.4 Å². The Balaban J connectivity index is 1.78. The van der Waals surface area contributed by atoms with Gasteiger partial charge in [-0.15, -0.1) is 5.10 Å². The highest BCUT2D eigenvalue weighted by Gasteiger charge is 2.16. The fourth-order valence-corrected chi connectivity index (χ4v) is 2.42. The molecule has 3 rings (SSSR count). The molecule has 0 bridgehead atoms. The minimum atomic E-state index is -0.475. The molecule has 0 aliphatic heterocycles. The van der Waals surface area contributed by atoms with Crippen molar-refractivity contribution >= 4 is 11.4 Å². The van der Waals surface area contributed by atoms with Crippen LogP contribution < -0.4 is 10.1 Å². The number of hydrogen-bond acceptors (Lipinski definition) is 6. The number of nitro benzene ring substituents is 1. The van der Waals surface area contributed by atoms with E-state index in [1.807, 2.05) is 43.5 Å². The molecule has 0 aliphatic carbocycles. The molecule has 8 heteroatoms. The molecule has 1 atom stereocenters. The van der Waals surface area contributed by atoms with Crippen LogP contribution in [0, 0.1) is 10.1 Å². The van der Waals surface area contributed by atoms with Crippen molar-refractivity contribution in [3.8, 4) is 11.4 Å². The minimum Gasteiger partial charge on any atom is -0.490 e. The normalized spacial score (nSPS) is 11.8. The lowest BCUT2D eigenvalue weighted by Gasteiger charge is -2.13. The van der Waals surface area contributed by atoms with E-state index in [-0.39, 0.29) is 17.5 Å². The molecule has 0 spiro atoms. The summed E-state index contributed by atoms with van der Waals surface area (Å²) < 4.78 is 6.78. The lowest BCUT2D eigenvalue weighted by molar-refractivity contribution is -0.385. The first-order valence-corrected chi connectivity index (χ1v) is 7.65. The van der Waals surface area contributed by atoms with Gasteiger partial charge in [-0.2, -0.15) is 0 Å². The highest BCUT2D eigenvalue weighted by atomic mass is 16.6. The molecule has 0 fully saturated rings. The number of nitrogens with zero attached hydrogens (tertiary/aromatic N) is 4. The average molecular weight is 339 g/mol. The van der Waals surface area contributed by atoms with Gasteiger partial charge < -0.3 is 10.1 Å². The molecular weight excluding hydrogens is 322 g/mol. The third-order valence-corrected chi connectivity index (χ3v) is 3.74. The van der Waals surface area contributed by atoms with Crippen LogP contribution in [0.25, 0.3) is 5.69 Å². The van der Waals surface area contributed by atoms with Gasteiger partial charge in [0.15, 0.2) is 5.75 Å². The zero-order valence-electron chi connectivity index (χ0n) is 13.8. The Labute approximate surface area is 144 Å². The van der Waals surface area contributed by atoms with E-state index in [0.29, 0.717) is 5.69 Å². The van der Waals surface area contributed by atoms with E-state index < -0.39 is 4.92 Å². The summed E-state index contributed by atoms with van der Waals surface area (Å²) >= 11 is 0. The first kappa shape index (κ1) is 16.4. The van der Waals surface area contributed by atoms with Crippen molar-refractivity contribution in [2.75, 3.05) is 12.4 Å². The van der Waals surface area contributed by atoms with Crippen LogP contribution in [0.2, 0.25) is 0 Å². The molecule has 0 saturated heterocycles. The van der Waals surface area contributed by atoms with Crippen LogP contribution >= 0.6 is 0 Å². The fraction of sp³-hybridized carbons (Fsp3) is 0.176. The van der Waals surface area contributed by atoms with Gasteiger partial charge in [-0.3, -0.25) is 10.1 Å². The van der Waals surface area contributed by atoms with Crippen molar-refractivity contribution in [2.24, 2.45) is 0 Å². The second-order valence-corrected chi connectivity index (χ2v) is 5.43.